The van der Waals surface area contributed by atoms with E-state index in [4.69, 9.17) is 26.8 Å². The fourth-order valence-electron chi connectivity index (χ4n) is 2.95. The van der Waals surface area contributed by atoms with Gasteiger partial charge >= 0.3 is 0 Å². The van der Waals surface area contributed by atoms with Gasteiger partial charge in [0.2, 0.25) is 5.91 Å². The molecule has 0 bridgehead atoms. The summed E-state index contributed by atoms with van der Waals surface area (Å²) >= 11 is 6.01. The summed E-state index contributed by atoms with van der Waals surface area (Å²) in [5.41, 5.74) is 7.51. The van der Waals surface area contributed by atoms with Gasteiger partial charge in [0, 0.05) is 21.8 Å². The highest BCUT2D eigenvalue weighted by Gasteiger charge is 2.17. The van der Waals surface area contributed by atoms with Crippen molar-refractivity contribution in [3.63, 3.8) is 0 Å². The van der Waals surface area contributed by atoms with E-state index in [1.54, 1.807) is 72.8 Å². The summed E-state index contributed by atoms with van der Waals surface area (Å²) in [6.45, 7) is 0.178. The fraction of sp³-hybridized carbons (Fsp3) is 0.0435. The van der Waals surface area contributed by atoms with Crippen LogP contribution in [0.5, 0.6) is 17.2 Å². The number of hydrogen-bond acceptors (Lipinski definition) is 4. The lowest BCUT2D eigenvalue weighted by Crippen LogP contribution is -2.21. The van der Waals surface area contributed by atoms with Crippen LogP contribution in [0.3, 0.4) is 0 Å². The van der Waals surface area contributed by atoms with Gasteiger partial charge in [-0.05, 0) is 66.7 Å². The van der Waals surface area contributed by atoms with E-state index in [0.29, 0.717) is 39.1 Å². The second kappa shape index (κ2) is 8.31. The van der Waals surface area contributed by atoms with Crippen molar-refractivity contribution >= 4 is 35.2 Å². The zero-order valence-corrected chi connectivity index (χ0v) is 16.5. The van der Waals surface area contributed by atoms with Crippen LogP contribution >= 0.6 is 11.6 Å². The second-order valence-corrected chi connectivity index (χ2v) is 7.05. The van der Waals surface area contributed by atoms with Crippen molar-refractivity contribution < 1.29 is 19.1 Å². The van der Waals surface area contributed by atoms with E-state index in [2.05, 4.69) is 5.32 Å². The molecule has 150 valence electrons. The van der Waals surface area contributed by atoms with Crippen molar-refractivity contribution in [2.75, 3.05) is 11.9 Å². The van der Waals surface area contributed by atoms with Crippen molar-refractivity contribution in [2.45, 2.75) is 0 Å². The molecular formula is C23H17ClN2O4. The number of ether oxygens (including phenoxy) is 2. The summed E-state index contributed by atoms with van der Waals surface area (Å²) in [5.74, 6) is 0.953. The van der Waals surface area contributed by atoms with Gasteiger partial charge in [0.05, 0.1) is 5.57 Å². The molecule has 3 aromatic carbocycles. The van der Waals surface area contributed by atoms with Crippen molar-refractivity contribution in [1.82, 2.24) is 0 Å². The Morgan fingerprint density at radius 2 is 1.80 bits per heavy atom. The first kappa shape index (κ1) is 19.5. The highest BCUT2D eigenvalue weighted by Crippen LogP contribution is 2.29. The molecule has 0 atom stereocenters. The number of hydrogen-bond donors (Lipinski definition) is 2. The van der Waals surface area contributed by atoms with Crippen molar-refractivity contribution in [2.24, 2.45) is 5.73 Å². The zero-order valence-electron chi connectivity index (χ0n) is 15.7. The van der Waals surface area contributed by atoms with Gasteiger partial charge in [-0.2, -0.15) is 0 Å². The number of nitrogens with one attached hydrogen (secondary N) is 1. The molecule has 1 aliphatic heterocycles. The predicted molar refractivity (Wildman–Crippen MR) is 115 cm³/mol. The summed E-state index contributed by atoms with van der Waals surface area (Å²) < 4.78 is 11.4. The molecule has 6 nitrogen and oxygen atoms in total. The molecule has 30 heavy (non-hydrogen) atoms. The predicted octanol–water partition coefficient (Wildman–Crippen LogP) is 4.65. The Bertz CT molecular complexity index is 1160. The van der Waals surface area contributed by atoms with Crippen LogP contribution in [0.25, 0.3) is 6.08 Å². The van der Waals surface area contributed by atoms with Gasteiger partial charge in [0.1, 0.15) is 23.9 Å². The average Bonchev–Trinajstić information content (AvgIpc) is 2.74. The smallest absolute Gasteiger partial charge is 0.255 e. The molecule has 0 saturated carbocycles. The van der Waals surface area contributed by atoms with Gasteiger partial charge in [-0.3, -0.25) is 9.59 Å². The molecular weight excluding hydrogens is 404 g/mol. The Balaban J connectivity index is 1.43. The van der Waals surface area contributed by atoms with Gasteiger partial charge in [-0.25, -0.2) is 0 Å². The minimum atomic E-state index is -0.524. The van der Waals surface area contributed by atoms with E-state index in [0.717, 1.165) is 5.56 Å². The van der Waals surface area contributed by atoms with E-state index in [9.17, 15) is 9.59 Å². The number of halogens is 1. The maximum atomic E-state index is 12.6. The first-order valence-electron chi connectivity index (χ1n) is 9.10. The Morgan fingerprint density at radius 3 is 2.57 bits per heavy atom. The lowest BCUT2D eigenvalue weighted by atomic mass is 10.1. The molecule has 0 aromatic heterocycles. The fourth-order valence-corrected chi connectivity index (χ4v) is 3.13. The minimum Gasteiger partial charge on any atom is -0.488 e. The summed E-state index contributed by atoms with van der Waals surface area (Å²) in [6, 6.07) is 18.7. The zero-order chi connectivity index (χ0) is 21.1. The molecule has 4 rings (SSSR count). The summed E-state index contributed by atoms with van der Waals surface area (Å²) in [7, 11) is 0. The number of carbonyl (C=O) groups is 2. The third-order valence-corrected chi connectivity index (χ3v) is 4.68. The Labute approximate surface area is 177 Å². The highest BCUT2D eigenvalue weighted by molar-refractivity contribution is 6.30. The Kier molecular flexibility index (Phi) is 5.41. The summed E-state index contributed by atoms with van der Waals surface area (Å²) in [6.07, 6.45) is 1.77. The third-order valence-electron chi connectivity index (χ3n) is 4.44. The SMILES string of the molecule is NC(=O)c1cccc(Oc2ccc(NC(=O)C3=Cc4cc(Cl)ccc4OC3)cc2)c1. The summed E-state index contributed by atoms with van der Waals surface area (Å²) in [5, 5.41) is 3.41. The van der Waals surface area contributed by atoms with E-state index >= 15 is 0 Å². The van der Waals surface area contributed by atoms with Crippen LogP contribution in [0, 0.1) is 0 Å². The number of anilines is 1. The van der Waals surface area contributed by atoms with Crippen LogP contribution in [0.4, 0.5) is 5.69 Å². The molecule has 0 saturated heterocycles. The van der Waals surface area contributed by atoms with Crippen LogP contribution in [0.1, 0.15) is 15.9 Å². The monoisotopic (exact) mass is 420 g/mol. The maximum Gasteiger partial charge on any atom is 0.255 e. The molecule has 0 radical (unpaired) electrons. The van der Waals surface area contributed by atoms with Gasteiger partial charge in [0.25, 0.3) is 5.91 Å². The molecule has 1 heterocycles. The highest BCUT2D eigenvalue weighted by atomic mass is 35.5. The van der Waals surface area contributed by atoms with Crippen LogP contribution in [0.2, 0.25) is 5.02 Å². The van der Waals surface area contributed by atoms with Crippen molar-refractivity contribution in [3.05, 3.63) is 88.5 Å². The standard InChI is InChI=1S/C23H17ClN2O4/c24-17-4-9-21-15(11-17)10-16(13-29-21)23(28)26-18-5-7-19(8-6-18)30-20-3-1-2-14(12-20)22(25)27/h1-12H,13H2,(H2,25,27)(H,26,28). The number of benzene rings is 3. The van der Waals surface area contributed by atoms with Crippen molar-refractivity contribution in [3.8, 4) is 17.2 Å². The minimum absolute atomic E-state index is 0.178. The molecule has 0 aliphatic carbocycles. The maximum absolute atomic E-state index is 12.6. The molecule has 3 aromatic rings. The third kappa shape index (κ3) is 4.45. The lowest BCUT2D eigenvalue weighted by Gasteiger charge is -2.18. The van der Waals surface area contributed by atoms with Gasteiger partial charge < -0.3 is 20.5 Å². The van der Waals surface area contributed by atoms with Gasteiger partial charge in [-0.1, -0.05) is 17.7 Å². The quantitative estimate of drug-likeness (QED) is 0.628. The van der Waals surface area contributed by atoms with E-state index in [-0.39, 0.29) is 12.5 Å². The Hall–Kier alpha value is -3.77. The van der Waals surface area contributed by atoms with Crippen molar-refractivity contribution in [1.29, 1.82) is 0 Å². The van der Waals surface area contributed by atoms with E-state index in [1.807, 2.05) is 0 Å². The number of carbonyl (C=O) groups excluding carboxylic acids is 2. The number of rotatable bonds is 5. The van der Waals surface area contributed by atoms with Crippen LogP contribution in [-0.4, -0.2) is 18.4 Å². The van der Waals surface area contributed by atoms with Gasteiger partial charge in [-0.15, -0.1) is 0 Å². The summed E-state index contributed by atoms with van der Waals surface area (Å²) in [4.78, 5) is 23.8. The Morgan fingerprint density at radius 1 is 1.00 bits per heavy atom. The largest absolute Gasteiger partial charge is 0.488 e. The molecule has 2 amide bonds. The average molecular weight is 421 g/mol. The van der Waals surface area contributed by atoms with Gasteiger partial charge in [0.15, 0.2) is 0 Å². The first-order chi connectivity index (χ1) is 14.5. The normalized spacial score (nSPS) is 12.2. The lowest BCUT2D eigenvalue weighted by molar-refractivity contribution is -0.113. The molecule has 0 spiro atoms. The molecule has 3 N–H and O–H groups in total. The van der Waals surface area contributed by atoms with Crippen LogP contribution in [-0.2, 0) is 4.79 Å². The van der Waals surface area contributed by atoms with E-state index < -0.39 is 5.91 Å². The molecule has 1 aliphatic rings. The number of nitrogens with two attached hydrogens (primary N) is 1. The second-order valence-electron chi connectivity index (χ2n) is 6.61. The first-order valence-corrected chi connectivity index (χ1v) is 9.48. The molecule has 0 fully saturated rings. The topological polar surface area (TPSA) is 90.7 Å². The number of primary amides is 1. The van der Waals surface area contributed by atoms with Crippen LogP contribution in [0.15, 0.2) is 72.3 Å². The number of fused-ring (bicyclic) bond motifs is 1. The molecule has 7 heteroatoms. The number of amides is 2. The van der Waals surface area contributed by atoms with Crippen LogP contribution < -0.4 is 20.5 Å². The molecule has 0 unspecified atom stereocenters. The van der Waals surface area contributed by atoms with E-state index in [1.165, 1.54) is 0 Å².